The molecule has 1 saturated carbocycles. The van der Waals surface area contributed by atoms with Crippen LogP contribution in [0.2, 0.25) is 0 Å². The molecule has 0 aromatic heterocycles. The maximum atomic E-state index is 13.0. The Morgan fingerprint density at radius 3 is 2.43 bits per heavy atom. The average molecular weight is 351 g/mol. The second-order valence-electron chi connectivity index (χ2n) is 5.80. The van der Waals surface area contributed by atoms with Crippen molar-refractivity contribution in [2.45, 2.75) is 49.2 Å². The summed E-state index contributed by atoms with van der Waals surface area (Å²) in [5.74, 6) is -0.273. The van der Waals surface area contributed by atoms with Crippen LogP contribution in [0.4, 0.5) is 13.2 Å². The lowest BCUT2D eigenvalue weighted by Crippen LogP contribution is -2.41. The van der Waals surface area contributed by atoms with Crippen molar-refractivity contribution in [2.24, 2.45) is 5.92 Å². The van der Waals surface area contributed by atoms with Crippen molar-refractivity contribution in [1.29, 1.82) is 0 Å². The summed E-state index contributed by atoms with van der Waals surface area (Å²) in [4.78, 5) is -0.770. The predicted octanol–water partition coefficient (Wildman–Crippen LogP) is 2.92. The Labute approximate surface area is 133 Å². The number of aliphatic hydroxyl groups excluding tert-OH is 1. The van der Waals surface area contributed by atoms with Crippen molar-refractivity contribution in [3.63, 3.8) is 0 Å². The number of hydrogen-bond acceptors (Lipinski definition) is 3. The first kappa shape index (κ1) is 18.2. The zero-order chi connectivity index (χ0) is 17.1. The molecule has 0 spiro atoms. The largest absolute Gasteiger partial charge is 0.417 e. The van der Waals surface area contributed by atoms with Gasteiger partial charge in [0.2, 0.25) is 10.0 Å². The highest BCUT2D eigenvalue weighted by Crippen LogP contribution is 2.34. The molecule has 0 unspecified atom stereocenters. The summed E-state index contributed by atoms with van der Waals surface area (Å²) in [6.07, 6.45) is -0.991. The van der Waals surface area contributed by atoms with Gasteiger partial charge in [0.1, 0.15) is 0 Å². The molecule has 1 fully saturated rings. The van der Waals surface area contributed by atoms with E-state index in [1.807, 2.05) is 0 Å². The molecule has 2 rings (SSSR count). The van der Waals surface area contributed by atoms with Crippen LogP contribution in [0.1, 0.15) is 37.7 Å². The molecule has 0 heterocycles. The van der Waals surface area contributed by atoms with Gasteiger partial charge in [0.25, 0.3) is 0 Å². The highest BCUT2D eigenvalue weighted by molar-refractivity contribution is 7.89. The maximum Gasteiger partial charge on any atom is 0.417 e. The first-order valence-electron chi connectivity index (χ1n) is 7.55. The Balaban J connectivity index is 2.32. The molecule has 0 bridgehead atoms. The van der Waals surface area contributed by atoms with Crippen LogP contribution in [-0.4, -0.2) is 26.2 Å². The van der Waals surface area contributed by atoms with E-state index in [1.54, 1.807) is 0 Å². The Hall–Kier alpha value is -1.12. The fraction of sp³-hybridized carbons (Fsp3) is 0.600. The van der Waals surface area contributed by atoms with Crippen molar-refractivity contribution in [1.82, 2.24) is 4.72 Å². The number of sulfonamides is 1. The Morgan fingerprint density at radius 2 is 1.78 bits per heavy atom. The van der Waals surface area contributed by atoms with E-state index < -0.39 is 32.7 Å². The third-order valence-electron chi connectivity index (χ3n) is 4.18. The molecule has 1 aliphatic carbocycles. The molecule has 2 atom stereocenters. The molecule has 2 N–H and O–H groups in total. The number of nitrogens with one attached hydrogen (secondary N) is 1. The minimum atomic E-state index is -4.74. The molecule has 0 aliphatic heterocycles. The lowest BCUT2D eigenvalue weighted by Gasteiger charge is -2.25. The van der Waals surface area contributed by atoms with Crippen LogP contribution in [-0.2, 0) is 16.2 Å². The Morgan fingerprint density at radius 1 is 1.13 bits per heavy atom. The number of benzene rings is 1. The minimum Gasteiger partial charge on any atom is -0.396 e. The fourth-order valence-corrected chi connectivity index (χ4v) is 4.52. The zero-order valence-corrected chi connectivity index (χ0v) is 13.3. The molecule has 23 heavy (non-hydrogen) atoms. The van der Waals surface area contributed by atoms with Crippen molar-refractivity contribution in [3.05, 3.63) is 29.8 Å². The van der Waals surface area contributed by atoms with Gasteiger partial charge in [0.15, 0.2) is 0 Å². The van der Waals surface area contributed by atoms with Crippen molar-refractivity contribution in [2.75, 3.05) is 6.61 Å². The number of rotatable bonds is 4. The number of alkyl halides is 3. The summed E-state index contributed by atoms with van der Waals surface area (Å²) in [6.45, 7) is -0.186. The normalized spacial score (nSPS) is 23.5. The molecule has 0 saturated heterocycles. The molecule has 0 amide bonds. The van der Waals surface area contributed by atoms with Gasteiger partial charge in [0, 0.05) is 12.6 Å². The second-order valence-corrected chi connectivity index (χ2v) is 7.48. The van der Waals surface area contributed by atoms with E-state index in [0.717, 1.165) is 37.5 Å². The van der Waals surface area contributed by atoms with E-state index in [1.165, 1.54) is 6.07 Å². The van der Waals surface area contributed by atoms with Crippen molar-refractivity contribution >= 4 is 10.0 Å². The van der Waals surface area contributed by atoms with Crippen LogP contribution < -0.4 is 4.72 Å². The van der Waals surface area contributed by atoms with Gasteiger partial charge in [-0.15, -0.1) is 0 Å². The molecular weight excluding hydrogens is 331 g/mol. The van der Waals surface area contributed by atoms with Crippen molar-refractivity contribution < 1.29 is 26.7 Å². The first-order chi connectivity index (χ1) is 10.8. The SMILES string of the molecule is O=S(=O)(N[C@@H]1CCCCC[C@H]1CO)c1ccccc1C(F)(F)F. The third-order valence-corrected chi connectivity index (χ3v) is 5.73. The summed E-state index contributed by atoms with van der Waals surface area (Å²) in [5.41, 5.74) is -1.18. The first-order valence-corrected chi connectivity index (χ1v) is 9.03. The summed E-state index contributed by atoms with van der Waals surface area (Å²) in [5, 5.41) is 9.42. The van der Waals surface area contributed by atoms with Crippen LogP contribution >= 0.6 is 0 Å². The third kappa shape index (κ3) is 4.45. The van der Waals surface area contributed by atoms with Gasteiger partial charge in [-0.25, -0.2) is 13.1 Å². The average Bonchev–Trinajstić information content (AvgIpc) is 2.71. The fourth-order valence-electron chi connectivity index (χ4n) is 2.96. The standard InChI is InChI=1S/C15H20F3NO3S/c16-15(17,18)12-7-4-5-9-14(12)23(21,22)19-13-8-3-1-2-6-11(13)10-20/h4-5,7,9,11,13,19-20H,1-3,6,8,10H2/t11-,13+/m0/s1. The lowest BCUT2D eigenvalue weighted by molar-refractivity contribution is -0.139. The molecule has 1 aliphatic rings. The van der Waals surface area contributed by atoms with Gasteiger partial charge >= 0.3 is 6.18 Å². The zero-order valence-electron chi connectivity index (χ0n) is 12.5. The van der Waals surface area contributed by atoms with Gasteiger partial charge in [-0.2, -0.15) is 13.2 Å². The minimum absolute atomic E-state index is 0.186. The quantitative estimate of drug-likeness (QED) is 0.820. The topological polar surface area (TPSA) is 66.4 Å². The maximum absolute atomic E-state index is 13.0. The van der Waals surface area contributed by atoms with Crippen LogP contribution in [0.25, 0.3) is 0 Å². The van der Waals surface area contributed by atoms with E-state index >= 15 is 0 Å². The monoisotopic (exact) mass is 351 g/mol. The predicted molar refractivity (Wildman–Crippen MR) is 79.2 cm³/mol. The van der Waals surface area contributed by atoms with E-state index in [2.05, 4.69) is 4.72 Å². The molecule has 130 valence electrons. The van der Waals surface area contributed by atoms with E-state index in [9.17, 15) is 26.7 Å². The highest BCUT2D eigenvalue weighted by atomic mass is 32.2. The summed E-state index contributed by atoms with van der Waals surface area (Å²) in [7, 11) is -4.31. The van der Waals surface area contributed by atoms with E-state index in [4.69, 9.17) is 0 Å². The van der Waals surface area contributed by atoms with E-state index in [-0.39, 0.29) is 12.5 Å². The van der Waals surface area contributed by atoms with Crippen LogP contribution in [0.3, 0.4) is 0 Å². The number of hydrogen-bond donors (Lipinski definition) is 2. The Bertz CT molecular complexity index is 631. The van der Waals surface area contributed by atoms with Gasteiger partial charge in [-0.05, 0) is 30.9 Å². The molecule has 4 nitrogen and oxygen atoms in total. The van der Waals surface area contributed by atoms with Crippen LogP contribution in [0.15, 0.2) is 29.2 Å². The van der Waals surface area contributed by atoms with Gasteiger partial charge in [0.05, 0.1) is 10.5 Å². The summed E-state index contributed by atoms with van der Waals surface area (Å²) >= 11 is 0. The van der Waals surface area contributed by atoms with E-state index in [0.29, 0.717) is 12.8 Å². The van der Waals surface area contributed by atoms with Crippen LogP contribution in [0, 0.1) is 5.92 Å². The summed E-state index contributed by atoms with van der Waals surface area (Å²) in [6, 6.07) is 3.58. The lowest BCUT2D eigenvalue weighted by atomic mass is 9.97. The van der Waals surface area contributed by atoms with Gasteiger partial charge < -0.3 is 5.11 Å². The van der Waals surface area contributed by atoms with Crippen molar-refractivity contribution in [3.8, 4) is 0 Å². The van der Waals surface area contributed by atoms with Gasteiger partial charge in [-0.1, -0.05) is 31.4 Å². The molecule has 1 aromatic rings. The molecule has 1 aromatic carbocycles. The van der Waals surface area contributed by atoms with Crippen LogP contribution in [0.5, 0.6) is 0 Å². The highest BCUT2D eigenvalue weighted by Gasteiger charge is 2.38. The Kier molecular flexibility index (Phi) is 5.70. The summed E-state index contributed by atoms with van der Waals surface area (Å²) < 4.78 is 66.4. The number of aliphatic hydroxyl groups is 1. The smallest absolute Gasteiger partial charge is 0.396 e. The molecule has 0 radical (unpaired) electrons. The molecule has 8 heteroatoms. The molecular formula is C15H20F3NO3S. The second kappa shape index (κ2) is 7.19. The number of halogens is 3. The van der Waals surface area contributed by atoms with Gasteiger partial charge in [-0.3, -0.25) is 0 Å².